The molecule has 0 aliphatic rings. The van der Waals surface area contributed by atoms with Crippen molar-refractivity contribution >= 4 is 5.91 Å². The minimum atomic E-state index is -0.0929. The molecule has 0 heterocycles. The van der Waals surface area contributed by atoms with Crippen LogP contribution in [0, 0.1) is 13.8 Å². The van der Waals surface area contributed by atoms with Gasteiger partial charge in [-0.1, -0.05) is 17.2 Å². The number of nitrogens with one attached hydrogen (secondary N) is 1. The highest BCUT2D eigenvalue weighted by Crippen LogP contribution is 2.24. The first-order chi connectivity index (χ1) is 10.5. The topological polar surface area (TPSA) is 47.6 Å². The first-order valence-corrected chi connectivity index (χ1v) is 7.11. The molecule has 1 amide bonds. The number of aryl methyl sites for hydroxylation is 2. The summed E-state index contributed by atoms with van der Waals surface area (Å²) in [7, 11) is 3.21. The zero-order valence-corrected chi connectivity index (χ0v) is 13.4. The van der Waals surface area contributed by atoms with Gasteiger partial charge < -0.3 is 14.8 Å². The van der Waals surface area contributed by atoms with Crippen molar-refractivity contribution in [2.24, 2.45) is 0 Å². The molecule has 0 saturated carbocycles. The molecule has 0 unspecified atom stereocenters. The van der Waals surface area contributed by atoms with E-state index < -0.39 is 0 Å². The van der Waals surface area contributed by atoms with Gasteiger partial charge in [-0.15, -0.1) is 0 Å². The average Bonchev–Trinajstić information content (AvgIpc) is 2.51. The summed E-state index contributed by atoms with van der Waals surface area (Å²) < 4.78 is 10.5. The summed E-state index contributed by atoms with van der Waals surface area (Å²) in [5, 5.41) is 2.92. The molecule has 0 radical (unpaired) electrons. The van der Waals surface area contributed by atoms with E-state index in [1.807, 2.05) is 44.2 Å². The first-order valence-electron chi connectivity index (χ1n) is 7.11. The van der Waals surface area contributed by atoms with Crippen molar-refractivity contribution in [2.45, 2.75) is 20.4 Å². The van der Waals surface area contributed by atoms with Gasteiger partial charge in [-0.25, -0.2) is 0 Å². The average molecular weight is 299 g/mol. The van der Waals surface area contributed by atoms with Gasteiger partial charge in [-0.3, -0.25) is 4.79 Å². The SMILES string of the molecule is COc1ccc(CNC(=O)c2cc(C)cc(C)c2)c(OC)c1. The number of benzene rings is 2. The Bertz CT molecular complexity index is 660. The summed E-state index contributed by atoms with van der Waals surface area (Å²) in [5.74, 6) is 1.32. The largest absolute Gasteiger partial charge is 0.497 e. The van der Waals surface area contributed by atoms with Crippen LogP contribution in [0.4, 0.5) is 0 Å². The highest BCUT2D eigenvalue weighted by atomic mass is 16.5. The lowest BCUT2D eigenvalue weighted by Crippen LogP contribution is -2.23. The third-order valence-electron chi connectivity index (χ3n) is 3.42. The molecule has 0 aliphatic carbocycles. The van der Waals surface area contributed by atoms with Gasteiger partial charge in [0.1, 0.15) is 11.5 Å². The lowest BCUT2D eigenvalue weighted by atomic mass is 10.1. The summed E-state index contributed by atoms with van der Waals surface area (Å²) in [6.07, 6.45) is 0. The fourth-order valence-corrected chi connectivity index (χ4v) is 2.38. The Labute approximate surface area is 131 Å². The quantitative estimate of drug-likeness (QED) is 0.922. The number of methoxy groups -OCH3 is 2. The second-order valence-corrected chi connectivity index (χ2v) is 5.24. The number of carbonyl (C=O) groups excluding carboxylic acids is 1. The van der Waals surface area contributed by atoms with Gasteiger partial charge >= 0.3 is 0 Å². The van der Waals surface area contributed by atoms with Crippen LogP contribution in [-0.2, 0) is 6.54 Å². The molecule has 0 bridgehead atoms. The van der Waals surface area contributed by atoms with Crippen LogP contribution >= 0.6 is 0 Å². The predicted molar refractivity (Wildman–Crippen MR) is 86.6 cm³/mol. The summed E-state index contributed by atoms with van der Waals surface area (Å²) >= 11 is 0. The maximum atomic E-state index is 12.3. The number of ether oxygens (including phenoxy) is 2. The minimum absolute atomic E-state index is 0.0929. The molecule has 4 nitrogen and oxygen atoms in total. The normalized spacial score (nSPS) is 10.2. The summed E-state index contributed by atoms with van der Waals surface area (Å²) in [4.78, 5) is 12.3. The maximum absolute atomic E-state index is 12.3. The number of amides is 1. The van der Waals surface area contributed by atoms with Crippen molar-refractivity contribution < 1.29 is 14.3 Å². The van der Waals surface area contributed by atoms with Crippen LogP contribution < -0.4 is 14.8 Å². The molecule has 1 N–H and O–H groups in total. The lowest BCUT2D eigenvalue weighted by Gasteiger charge is -2.12. The second-order valence-electron chi connectivity index (χ2n) is 5.24. The Kier molecular flexibility index (Phi) is 5.04. The number of hydrogen-bond acceptors (Lipinski definition) is 3. The third-order valence-corrected chi connectivity index (χ3v) is 3.42. The Morgan fingerprint density at radius 1 is 1.00 bits per heavy atom. The molecule has 2 aromatic rings. The van der Waals surface area contributed by atoms with Gasteiger partial charge in [0.2, 0.25) is 0 Å². The van der Waals surface area contributed by atoms with Crippen molar-refractivity contribution in [1.82, 2.24) is 5.32 Å². The van der Waals surface area contributed by atoms with Crippen LogP contribution in [-0.4, -0.2) is 20.1 Å². The molecule has 4 heteroatoms. The fraction of sp³-hybridized carbons (Fsp3) is 0.278. The van der Waals surface area contributed by atoms with Crippen molar-refractivity contribution in [3.8, 4) is 11.5 Å². The molecule has 0 spiro atoms. The Hall–Kier alpha value is -2.49. The zero-order chi connectivity index (χ0) is 16.1. The Morgan fingerprint density at radius 2 is 1.68 bits per heavy atom. The van der Waals surface area contributed by atoms with E-state index in [4.69, 9.17) is 9.47 Å². The first kappa shape index (κ1) is 15.9. The van der Waals surface area contributed by atoms with Gasteiger partial charge in [0, 0.05) is 23.7 Å². The summed E-state index contributed by atoms with van der Waals surface area (Å²) in [6, 6.07) is 11.4. The van der Waals surface area contributed by atoms with Crippen LogP contribution in [0.25, 0.3) is 0 Å². The predicted octanol–water partition coefficient (Wildman–Crippen LogP) is 3.25. The second kappa shape index (κ2) is 6.98. The molecule has 0 saturated heterocycles. The molecule has 0 fully saturated rings. The fourth-order valence-electron chi connectivity index (χ4n) is 2.38. The molecule has 0 atom stereocenters. The van der Waals surface area contributed by atoms with Gasteiger partial charge in [-0.2, -0.15) is 0 Å². The minimum Gasteiger partial charge on any atom is -0.497 e. The highest BCUT2D eigenvalue weighted by Gasteiger charge is 2.09. The van der Waals surface area contributed by atoms with Crippen LogP contribution in [0.2, 0.25) is 0 Å². The molecular weight excluding hydrogens is 278 g/mol. The Balaban J connectivity index is 2.10. The van der Waals surface area contributed by atoms with Crippen LogP contribution in [0.3, 0.4) is 0 Å². The van der Waals surface area contributed by atoms with Crippen molar-refractivity contribution in [1.29, 1.82) is 0 Å². The van der Waals surface area contributed by atoms with E-state index in [2.05, 4.69) is 5.32 Å². The van der Waals surface area contributed by atoms with E-state index in [0.717, 1.165) is 22.4 Å². The molecule has 0 aromatic heterocycles. The molecule has 0 aliphatic heterocycles. The molecule has 22 heavy (non-hydrogen) atoms. The lowest BCUT2D eigenvalue weighted by molar-refractivity contribution is 0.0950. The smallest absolute Gasteiger partial charge is 0.251 e. The number of rotatable bonds is 5. The van der Waals surface area contributed by atoms with Gasteiger partial charge in [0.15, 0.2) is 0 Å². The van der Waals surface area contributed by atoms with Crippen molar-refractivity contribution in [3.63, 3.8) is 0 Å². The highest BCUT2D eigenvalue weighted by molar-refractivity contribution is 5.94. The zero-order valence-electron chi connectivity index (χ0n) is 13.4. The standard InChI is InChI=1S/C18H21NO3/c1-12-7-13(2)9-15(8-12)18(20)19-11-14-5-6-16(21-3)10-17(14)22-4/h5-10H,11H2,1-4H3,(H,19,20). The van der Waals surface area contributed by atoms with Crippen LogP contribution in [0.15, 0.2) is 36.4 Å². The molecule has 116 valence electrons. The van der Waals surface area contributed by atoms with E-state index in [-0.39, 0.29) is 5.91 Å². The van der Waals surface area contributed by atoms with E-state index in [0.29, 0.717) is 17.9 Å². The van der Waals surface area contributed by atoms with E-state index in [1.165, 1.54) is 0 Å². The van der Waals surface area contributed by atoms with E-state index in [9.17, 15) is 4.79 Å². The maximum Gasteiger partial charge on any atom is 0.251 e. The van der Waals surface area contributed by atoms with Crippen LogP contribution in [0.1, 0.15) is 27.0 Å². The summed E-state index contributed by atoms with van der Waals surface area (Å²) in [6.45, 7) is 4.37. The summed E-state index contributed by atoms with van der Waals surface area (Å²) in [5.41, 5.74) is 3.73. The van der Waals surface area contributed by atoms with E-state index in [1.54, 1.807) is 20.3 Å². The van der Waals surface area contributed by atoms with E-state index >= 15 is 0 Å². The Morgan fingerprint density at radius 3 is 2.27 bits per heavy atom. The monoisotopic (exact) mass is 299 g/mol. The number of carbonyl (C=O) groups is 1. The molecular formula is C18H21NO3. The van der Waals surface area contributed by atoms with Gasteiger partial charge in [0.25, 0.3) is 5.91 Å². The molecule has 2 rings (SSSR count). The van der Waals surface area contributed by atoms with Crippen LogP contribution in [0.5, 0.6) is 11.5 Å². The van der Waals surface area contributed by atoms with Gasteiger partial charge in [-0.05, 0) is 38.1 Å². The third kappa shape index (κ3) is 3.79. The number of hydrogen-bond donors (Lipinski definition) is 1. The van der Waals surface area contributed by atoms with Crippen molar-refractivity contribution in [3.05, 3.63) is 58.7 Å². The molecule has 2 aromatic carbocycles. The van der Waals surface area contributed by atoms with Gasteiger partial charge in [0.05, 0.1) is 14.2 Å². The van der Waals surface area contributed by atoms with Crippen molar-refractivity contribution in [2.75, 3.05) is 14.2 Å².